The monoisotopic (exact) mass is 369 g/mol. The molecule has 0 atom stereocenters. The van der Waals surface area contributed by atoms with Gasteiger partial charge in [-0.1, -0.05) is 49.2 Å². The molecule has 1 aliphatic carbocycles. The second-order valence-corrected chi connectivity index (χ2v) is 7.66. The van der Waals surface area contributed by atoms with Gasteiger partial charge >= 0.3 is 0 Å². The molecule has 1 amide bonds. The fraction of sp³-hybridized carbons (Fsp3) is 0.474. The maximum absolute atomic E-state index is 12.7. The van der Waals surface area contributed by atoms with Crippen LogP contribution in [0.3, 0.4) is 0 Å². The first-order valence-corrected chi connectivity index (χ1v) is 9.83. The Morgan fingerprint density at radius 2 is 2.08 bits per heavy atom. The van der Waals surface area contributed by atoms with Crippen LogP contribution in [0.4, 0.5) is 0 Å². The molecule has 2 aromatic rings. The van der Waals surface area contributed by atoms with Crippen molar-refractivity contribution >= 4 is 17.7 Å². The van der Waals surface area contributed by atoms with Crippen LogP contribution in [0.25, 0.3) is 5.69 Å². The van der Waals surface area contributed by atoms with Crippen LogP contribution >= 0.6 is 11.8 Å². The number of aryl methyl sites for hydroxylation is 1. The zero-order valence-electron chi connectivity index (χ0n) is 15.2. The number of para-hydroxylation sites is 1. The molecule has 0 bridgehead atoms. The second kappa shape index (κ2) is 7.92. The molecule has 1 saturated carbocycles. The predicted molar refractivity (Wildman–Crippen MR) is 101 cm³/mol. The van der Waals surface area contributed by atoms with Crippen molar-refractivity contribution in [1.82, 2.24) is 19.7 Å². The van der Waals surface area contributed by atoms with Crippen molar-refractivity contribution in [2.24, 2.45) is 0 Å². The second-order valence-electron chi connectivity index (χ2n) is 6.72. The minimum absolute atomic E-state index is 0.0437. The number of carbonyl (C=O) groups excluding carboxylic acids is 1. The summed E-state index contributed by atoms with van der Waals surface area (Å²) in [5, 5.41) is 18.5. The Balaban J connectivity index is 1.70. The van der Waals surface area contributed by atoms with E-state index in [2.05, 4.69) is 16.3 Å². The lowest BCUT2D eigenvalue weighted by Gasteiger charge is -2.39. The minimum Gasteiger partial charge on any atom is -0.326 e. The molecule has 1 heterocycles. The Morgan fingerprint density at radius 1 is 1.35 bits per heavy atom. The normalized spacial score (nSPS) is 16.0. The highest BCUT2D eigenvalue weighted by Crippen LogP contribution is 2.33. The summed E-state index contributed by atoms with van der Waals surface area (Å²) in [7, 11) is 1.75. The highest BCUT2D eigenvalue weighted by atomic mass is 32.2. The molecule has 0 unspecified atom stereocenters. The lowest BCUT2D eigenvalue weighted by Crippen LogP contribution is -2.50. The summed E-state index contributed by atoms with van der Waals surface area (Å²) < 4.78 is 1.90. The molecule has 1 aromatic carbocycles. The Hall–Kier alpha value is -2.33. The first-order valence-electron chi connectivity index (χ1n) is 8.84. The molecular formula is C19H23N5OS. The van der Waals surface area contributed by atoms with Gasteiger partial charge in [-0.2, -0.15) is 5.26 Å². The quantitative estimate of drug-likeness (QED) is 0.756. The van der Waals surface area contributed by atoms with Crippen LogP contribution in [0, 0.1) is 18.3 Å². The maximum atomic E-state index is 12.7. The molecule has 0 spiro atoms. The van der Waals surface area contributed by atoms with Gasteiger partial charge in [0.2, 0.25) is 5.91 Å². The zero-order chi connectivity index (χ0) is 18.6. The Morgan fingerprint density at radius 3 is 2.77 bits per heavy atom. The minimum atomic E-state index is -0.653. The molecule has 26 heavy (non-hydrogen) atoms. The van der Waals surface area contributed by atoms with Crippen molar-refractivity contribution in [3.05, 3.63) is 36.2 Å². The number of rotatable bonds is 5. The summed E-state index contributed by atoms with van der Waals surface area (Å²) in [5.74, 6) is 0.197. The van der Waals surface area contributed by atoms with Crippen molar-refractivity contribution in [1.29, 1.82) is 5.26 Å². The van der Waals surface area contributed by atoms with E-state index in [0.717, 1.165) is 43.4 Å². The number of thioether (sulfide) groups is 1. The molecule has 7 heteroatoms. The summed E-state index contributed by atoms with van der Waals surface area (Å²) in [6.07, 6.45) is 6.32. The number of nitriles is 1. The molecular weight excluding hydrogens is 346 g/mol. The Kier molecular flexibility index (Phi) is 5.62. The number of amides is 1. The van der Waals surface area contributed by atoms with Gasteiger partial charge in [-0.15, -0.1) is 10.2 Å². The number of hydrogen-bond donors (Lipinski definition) is 0. The molecule has 136 valence electrons. The smallest absolute Gasteiger partial charge is 0.234 e. The van der Waals surface area contributed by atoms with E-state index in [1.807, 2.05) is 35.8 Å². The third-order valence-electron chi connectivity index (χ3n) is 5.12. The van der Waals surface area contributed by atoms with E-state index in [4.69, 9.17) is 0 Å². The number of nitrogens with zero attached hydrogens (tertiary/aromatic N) is 5. The van der Waals surface area contributed by atoms with Crippen LogP contribution in [-0.4, -0.2) is 43.9 Å². The van der Waals surface area contributed by atoms with Crippen LogP contribution in [0.5, 0.6) is 0 Å². The lowest BCUT2D eigenvalue weighted by molar-refractivity contribution is -0.131. The summed E-state index contributed by atoms with van der Waals surface area (Å²) in [4.78, 5) is 14.4. The fourth-order valence-corrected chi connectivity index (χ4v) is 4.28. The van der Waals surface area contributed by atoms with E-state index in [1.54, 1.807) is 18.3 Å². The largest absolute Gasteiger partial charge is 0.326 e. The molecule has 6 nitrogen and oxygen atoms in total. The molecule has 0 saturated heterocycles. The molecule has 3 rings (SSSR count). The summed E-state index contributed by atoms with van der Waals surface area (Å²) in [6, 6.07) is 10.4. The third-order valence-corrected chi connectivity index (χ3v) is 6.05. The van der Waals surface area contributed by atoms with E-state index < -0.39 is 5.54 Å². The Labute approximate surface area is 158 Å². The molecule has 0 radical (unpaired) electrons. The van der Waals surface area contributed by atoms with Crippen molar-refractivity contribution in [2.45, 2.75) is 49.7 Å². The van der Waals surface area contributed by atoms with E-state index >= 15 is 0 Å². The van der Waals surface area contributed by atoms with Crippen LogP contribution in [0.15, 0.2) is 35.7 Å². The average Bonchev–Trinajstić information content (AvgIpc) is 3.14. The van der Waals surface area contributed by atoms with E-state index in [-0.39, 0.29) is 11.7 Å². The third kappa shape index (κ3) is 3.61. The van der Waals surface area contributed by atoms with Gasteiger partial charge in [0.25, 0.3) is 0 Å². The standard InChI is InChI=1S/C19H23N5OS/c1-15-8-4-5-9-16(15)24-14-21-22-18(24)26-12-17(25)23(2)19(13-20)10-6-3-7-11-19/h4-5,8-9,14H,3,6-7,10-12H2,1-2H3. The Bertz CT molecular complexity index is 819. The number of carbonyl (C=O) groups is 1. The molecule has 1 aliphatic rings. The molecule has 1 fully saturated rings. The van der Waals surface area contributed by atoms with Crippen LogP contribution < -0.4 is 0 Å². The van der Waals surface area contributed by atoms with Crippen LogP contribution in [0.1, 0.15) is 37.7 Å². The van der Waals surface area contributed by atoms with Gasteiger partial charge < -0.3 is 4.90 Å². The van der Waals surface area contributed by atoms with Gasteiger partial charge in [-0.3, -0.25) is 9.36 Å². The predicted octanol–water partition coefficient (Wildman–Crippen LogP) is 3.35. The summed E-state index contributed by atoms with van der Waals surface area (Å²) in [5.41, 5.74) is 1.46. The van der Waals surface area contributed by atoms with Crippen LogP contribution in [0.2, 0.25) is 0 Å². The van der Waals surface area contributed by atoms with Gasteiger partial charge in [0, 0.05) is 7.05 Å². The van der Waals surface area contributed by atoms with E-state index in [9.17, 15) is 10.1 Å². The van der Waals surface area contributed by atoms with Crippen molar-refractivity contribution < 1.29 is 4.79 Å². The summed E-state index contributed by atoms with van der Waals surface area (Å²) in [6.45, 7) is 2.03. The average molecular weight is 369 g/mol. The fourth-order valence-electron chi connectivity index (χ4n) is 3.44. The first kappa shape index (κ1) is 18.5. The first-order chi connectivity index (χ1) is 12.6. The summed E-state index contributed by atoms with van der Waals surface area (Å²) >= 11 is 1.36. The molecule has 1 aromatic heterocycles. The number of benzene rings is 1. The van der Waals surface area contributed by atoms with Gasteiger partial charge in [0.05, 0.1) is 17.5 Å². The number of hydrogen-bond acceptors (Lipinski definition) is 5. The molecule has 0 N–H and O–H groups in total. The van der Waals surface area contributed by atoms with Crippen molar-refractivity contribution in [2.75, 3.05) is 12.8 Å². The molecule has 0 aliphatic heterocycles. The lowest BCUT2D eigenvalue weighted by atomic mass is 9.81. The van der Waals surface area contributed by atoms with Gasteiger partial charge in [-0.25, -0.2) is 0 Å². The van der Waals surface area contributed by atoms with Crippen molar-refractivity contribution in [3.8, 4) is 11.8 Å². The van der Waals surface area contributed by atoms with Gasteiger partial charge in [0.1, 0.15) is 11.9 Å². The van der Waals surface area contributed by atoms with Crippen LogP contribution in [-0.2, 0) is 4.79 Å². The highest BCUT2D eigenvalue weighted by molar-refractivity contribution is 7.99. The van der Waals surface area contributed by atoms with Gasteiger partial charge in [-0.05, 0) is 31.4 Å². The van der Waals surface area contributed by atoms with E-state index in [0.29, 0.717) is 5.16 Å². The topological polar surface area (TPSA) is 74.8 Å². The highest BCUT2D eigenvalue weighted by Gasteiger charge is 2.38. The number of aromatic nitrogens is 3. The van der Waals surface area contributed by atoms with Gasteiger partial charge in [0.15, 0.2) is 5.16 Å². The maximum Gasteiger partial charge on any atom is 0.234 e. The zero-order valence-corrected chi connectivity index (χ0v) is 16.0. The van der Waals surface area contributed by atoms with Crippen molar-refractivity contribution in [3.63, 3.8) is 0 Å². The van der Waals surface area contributed by atoms with E-state index in [1.165, 1.54) is 11.8 Å². The SMILES string of the molecule is Cc1ccccc1-n1cnnc1SCC(=O)N(C)C1(C#N)CCCCC1.